The van der Waals surface area contributed by atoms with E-state index < -0.39 is 0 Å². The van der Waals surface area contributed by atoms with E-state index in [9.17, 15) is 4.79 Å². The maximum atomic E-state index is 11.7. The van der Waals surface area contributed by atoms with Crippen LogP contribution < -0.4 is 5.32 Å². The molecule has 0 aromatic heterocycles. The van der Waals surface area contributed by atoms with Crippen molar-refractivity contribution in [1.82, 2.24) is 5.32 Å². The van der Waals surface area contributed by atoms with Crippen LogP contribution >= 0.6 is 0 Å². The molecule has 1 saturated heterocycles. The highest BCUT2D eigenvalue weighted by Gasteiger charge is 2.47. The highest BCUT2D eigenvalue weighted by molar-refractivity contribution is 5.80. The summed E-state index contributed by atoms with van der Waals surface area (Å²) in [6.07, 6.45) is 6.69. The van der Waals surface area contributed by atoms with Gasteiger partial charge in [-0.05, 0) is 49.0 Å². The van der Waals surface area contributed by atoms with E-state index in [0.29, 0.717) is 12.0 Å². The Hall–Kier alpha value is -1.31. The SMILES string of the molecule is CCC1NC(=O)CC12CCC(c1ccccc1)CC2. The summed E-state index contributed by atoms with van der Waals surface area (Å²) in [6, 6.07) is 11.3. The van der Waals surface area contributed by atoms with Gasteiger partial charge in [0.2, 0.25) is 5.91 Å². The lowest BCUT2D eigenvalue weighted by Crippen LogP contribution is -2.39. The predicted octanol–water partition coefficient (Wildman–Crippen LogP) is 3.63. The molecule has 1 aliphatic carbocycles. The Morgan fingerprint density at radius 3 is 2.53 bits per heavy atom. The van der Waals surface area contributed by atoms with Gasteiger partial charge in [0.05, 0.1) is 0 Å². The maximum Gasteiger partial charge on any atom is 0.220 e. The second-order valence-corrected chi connectivity index (χ2v) is 6.25. The predicted molar refractivity (Wildman–Crippen MR) is 76.9 cm³/mol. The number of amides is 1. The average molecular weight is 257 g/mol. The molecule has 1 amide bonds. The van der Waals surface area contributed by atoms with Crippen molar-refractivity contribution in [3.05, 3.63) is 35.9 Å². The fraction of sp³-hybridized carbons (Fsp3) is 0.588. The number of nitrogens with one attached hydrogen (secondary N) is 1. The molecular formula is C17H23NO. The van der Waals surface area contributed by atoms with Gasteiger partial charge in [-0.2, -0.15) is 0 Å². The van der Waals surface area contributed by atoms with Crippen molar-refractivity contribution < 1.29 is 4.79 Å². The van der Waals surface area contributed by atoms with E-state index in [0.717, 1.165) is 12.8 Å². The van der Waals surface area contributed by atoms with Crippen molar-refractivity contribution in [3.63, 3.8) is 0 Å². The zero-order chi connectivity index (χ0) is 13.3. The number of rotatable bonds is 2. The highest BCUT2D eigenvalue weighted by atomic mass is 16.2. The van der Waals surface area contributed by atoms with E-state index in [1.54, 1.807) is 0 Å². The Labute approximate surface area is 115 Å². The molecule has 2 aliphatic rings. The van der Waals surface area contributed by atoms with Gasteiger partial charge in [-0.25, -0.2) is 0 Å². The summed E-state index contributed by atoms with van der Waals surface area (Å²) in [7, 11) is 0. The molecular weight excluding hydrogens is 234 g/mol. The Morgan fingerprint density at radius 2 is 1.89 bits per heavy atom. The van der Waals surface area contributed by atoms with E-state index in [2.05, 4.69) is 42.6 Å². The lowest BCUT2D eigenvalue weighted by molar-refractivity contribution is -0.119. The van der Waals surface area contributed by atoms with Crippen LogP contribution in [-0.2, 0) is 4.79 Å². The van der Waals surface area contributed by atoms with Crippen LogP contribution in [0.25, 0.3) is 0 Å². The van der Waals surface area contributed by atoms with Crippen LogP contribution in [0.2, 0.25) is 0 Å². The van der Waals surface area contributed by atoms with Crippen LogP contribution in [0, 0.1) is 5.41 Å². The summed E-state index contributed by atoms with van der Waals surface area (Å²) in [5.41, 5.74) is 1.74. The van der Waals surface area contributed by atoms with Gasteiger partial charge in [-0.3, -0.25) is 4.79 Å². The number of hydrogen-bond acceptors (Lipinski definition) is 1. The lowest BCUT2D eigenvalue weighted by Gasteiger charge is -2.40. The standard InChI is InChI=1S/C17H23NO/c1-2-15-17(12-16(19)18-15)10-8-14(9-11-17)13-6-4-3-5-7-13/h3-7,14-15H,2,8-12H2,1H3,(H,18,19). The summed E-state index contributed by atoms with van der Waals surface area (Å²) < 4.78 is 0. The molecule has 2 fully saturated rings. The summed E-state index contributed by atoms with van der Waals surface area (Å²) in [4.78, 5) is 11.7. The Kier molecular flexibility index (Phi) is 3.34. The molecule has 1 heterocycles. The second-order valence-electron chi connectivity index (χ2n) is 6.25. The summed E-state index contributed by atoms with van der Waals surface area (Å²) >= 11 is 0. The number of carbonyl (C=O) groups is 1. The lowest BCUT2D eigenvalue weighted by atomic mass is 9.65. The molecule has 0 radical (unpaired) electrons. The van der Waals surface area contributed by atoms with Gasteiger partial charge in [-0.1, -0.05) is 37.3 Å². The first-order valence-electron chi connectivity index (χ1n) is 7.58. The molecule has 1 saturated carbocycles. The largest absolute Gasteiger partial charge is 0.353 e. The maximum absolute atomic E-state index is 11.7. The molecule has 0 bridgehead atoms. The molecule has 2 nitrogen and oxygen atoms in total. The first-order valence-corrected chi connectivity index (χ1v) is 7.58. The van der Waals surface area contributed by atoms with E-state index >= 15 is 0 Å². The van der Waals surface area contributed by atoms with Gasteiger partial charge >= 0.3 is 0 Å². The minimum absolute atomic E-state index is 0.261. The van der Waals surface area contributed by atoms with Crippen molar-refractivity contribution in [1.29, 1.82) is 0 Å². The summed E-state index contributed by atoms with van der Waals surface area (Å²) in [6.45, 7) is 2.20. The highest BCUT2D eigenvalue weighted by Crippen LogP contribution is 2.50. The van der Waals surface area contributed by atoms with E-state index in [-0.39, 0.29) is 11.3 Å². The van der Waals surface area contributed by atoms with Crippen molar-refractivity contribution in [2.24, 2.45) is 5.41 Å². The molecule has 1 aromatic carbocycles. The Morgan fingerprint density at radius 1 is 1.21 bits per heavy atom. The van der Waals surface area contributed by atoms with Crippen LogP contribution in [0.3, 0.4) is 0 Å². The van der Waals surface area contributed by atoms with E-state index in [1.165, 1.54) is 31.2 Å². The molecule has 1 aromatic rings. The van der Waals surface area contributed by atoms with Gasteiger partial charge in [-0.15, -0.1) is 0 Å². The van der Waals surface area contributed by atoms with Crippen molar-refractivity contribution in [3.8, 4) is 0 Å². The average Bonchev–Trinajstić information content (AvgIpc) is 2.76. The summed E-state index contributed by atoms with van der Waals surface area (Å²) in [5.74, 6) is 0.963. The minimum atomic E-state index is 0.261. The van der Waals surface area contributed by atoms with Crippen LogP contribution in [-0.4, -0.2) is 11.9 Å². The van der Waals surface area contributed by atoms with Crippen molar-refractivity contribution >= 4 is 5.91 Å². The molecule has 1 atom stereocenters. The van der Waals surface area contributed by atoms with Crippen LogP contribution in [0.15, 0.2) is 30.3 Å². The third kappa shape index (κ3) is 2.29. The monoisotopic (exact) mass is 257 g/mol. The normalized spacial score (nSPS) is 34.5. The third-order valence-corrected chi connectivity index (χ3v) is 5.25. The van der Waals surface area contributed by atoms with Gasteiger partial charge in [0.15, 0.2) is 0 Å². The van der Waals surface area contributed by atoms with Crippen molar-refractivity contribution in [2.75, 3.05) is 0 Å². The molecule has 3 rings (SSSR count). The summed E-state index contributed by atoms with van der Waals surface area (Å²) in [5, 5.41) is 3.18. The second kappa shape index (κ2) is 4.99. The Balaban J connectivity index is 1.71. The van der Waals surface area contributed by atoms with Gasteiger partial charge in [0, 0.05) is 12.5 Å². The molecule has 1 aliphatic heterocycles. The number of carbonyl (C=O) groups excluding carboxylic acids is 1. The molecule has 19 heavy (non-hydrogen) atoms. The fourth-order valence-corrected chi connectivity index (χ4v) is 4.15. The van der Waals surface area contributed by atoms with E-state index in [4.69, 9.17) is 0 Å². The number of benzene rings is 1. The quantitative estimate of drug-likeness (QED) is 0.861. The number of hydrogen-bond donors (Lipinski definition) is 1. The Bertz CT molecular complexity index is 446. The first-order chi connectivity index (χ1) is 9.23. The fourth-order valence-electron chi connectivity index (χ4n) is 4.15. The zero-order valence-electron chi connectivity index (χ0n) is 11.7. The van der Waals surface area contributed by atoms with Crippen molar-refractivity contribution in [2.45, 2.75) is 57.4 Å². The van der Waals surface area contributed by atoms with Gasteiger partial charge in [0.1, 0.15) is 0 Å². The van der Waals surface area contributed by atoms with E-state index in [1.807, 2.05) is 0 Å². The molecule has 2 heteroatoms. The molecule has 102 valence electrons. The molecule has 1 spiro atoms. The van der Waals surface area contributed by atoms with Crippen LogP contribution in [0.4, 0.5) is 0 Å². The topological polar surface area (TPSA) is 29.1 Å². The first kappa shape index (κ1) is 12.7. The van der Waals surface area contributed by atoms with Crippen LogP contribution in [0.5, 0.6) is 0 Å². The van der Waals surface area contributed by atoms with Gasteiger partial charge in [0.25, 0.3) is 0 Å². The van der Waals surface area contributed by atoms with Crippen LogP contribution in [0.1, 0.15) is 56.9 Å². The molecule has 1 N–H and O–H groups in total. The minimum Gasteiger partial charge on any atom is -0.353 e. The van der Waals surface area contributed by atoms with Gasteiger partial charge < -0.3 is 5.32 Å². The third-order valence-electron chi connectivity index (χ3n) is 5.25. The molecule has 1 unspecified atom stereocenters. The smallest absolute Gasteiger partial charge is 0.220 e. The zero-order valence-corrected chi connectivity index (χ0v) is 11.7.